The van der Waals surface area contributed by atoms with Gasteiger partial charge in [-0.3, -0.25) is 0 Å². The normalized spacial score (nSPS) is 11.7. The van der Waals surface area contributed by atoms with E-state index in [-0.39, 0.29) is 5.69 Å². The van der Waals surface area contributed by atoms with Crippen LogP contribution in [0.3, 0.4) is 0 Å². The first-order chi connectivity index (χ1) is 12.0. The van der Waals surface area contributed by atoms with E-state index >= 15 is 0 Å². The molecule has 0 aliphatic heterocycles. The summed E-state index contributed by atoms with van der Waals surface area (Å²) in [6.45, 7) is 2.53. The van der Waals surface area contributed by atoms with Gasteiger partial charge in [0, 0.05) is 11.9 Å². The Morgan fingerprint density at radius 1 is 1.16 bits per heavy atom. The van der Waals surface area contributed by atoms with Crippen molar-refractivity contribution in [2.24, 2.45) is 4.99 Å². The van der Waals surface area contributed by atoms with Crippen molar-refractivity contribution in [2.45, 2.75) is 13.5 Å². The van der Waals surface area contributed by atoms with Crippen LogP contribution in [0.5, 0.6) is 0 Å². The van der Waals surface area contributed by atoms with E-state index in [1.54, 1.807) is 0 Å². The van der Waals surface area contributed by atoms with Crippen molar-refractivity contribution in [3.63, 3.8) is 0 Å². The molecule has 7 heteroatoms. The Kier molecular flexibility index (Phi) is 4.76. The van der Waals surface area contributed by atoms with Gasteiger partial charge in [-0.2, -0.15) is 0 Å². The summed E-state index contributed by atoms with van der Waals surface area (Å²) < 4.78 is 29.9. The number of carbonyl (C=O) groups is 1. The monoisotopic (exact) mass is 360 g/mol. The minimum absolute atomic E-state index is 0.230. The molecule has 3 rings (SSSR count). The van der Waals surface area contributed by atoms with E-state index in [9.17, 15) is 13.6 Å². The van der Waals surface area contributed by atoms with E-state index in [1.165, 1.54) is 17.4 Å². The highest BCUT2D eigenvalue weighted by Gasteiger charge is 2.18. The maximum Gasteiger partial charge on any atom is 0.338 e. The Morgan fingerprint density at radius 3 is 2.52 bits per heavy atom. The third kappa shape index (κ3) is 3.23. The van der Waals surface area contributed by atoms with E-state index in [0.29, 0.717) is 11.3 Å². The lowest BCUT2D eigenvalue weighted by molar-refractivity contribution is 0.0690. The van der Waals surface area contributed by atoms with Crippen molar-refractivity contribution in [3.8, 4) is 11.3 Å². The highest BCUT2D eigenvalue weighted by molar-refractivity contribution is 7.07. The van der Waals surface area contributed by atoms with Gasteiger partial charge in [-0.1, -0.05) is 30.3 Å². The molecule has 4 nitrogen and oxygen atoms in total. The number of benzene rings is 2. The average Bonchev–Trinajstić information content (AvgIpc) is 3.02. The number of hydrogen-bond donors (Lipinski definition) is 1. The highest BCUT2D eigenvalue weighted by Crippen LogP contribution is 2.24. The van der Waals surface area contributed by atoms with Gasteiger partial charge in [-0.05, 0) is 24.6 Å². The molecule has 128 valence electrons. The van der Waals surface area contributed by atoms with Gasteiger partial charge in [0.2, 0.25) is 0 Å². The zero-order valence-corrected chi connectivity index (χ0v) is 14.1. The quantitative estimate of drug-likeness (QED) is 0.748. The smallest absolute Gasteiger partial charge is 0.338 e. The molecule has 2 aromatic carbocycles. The standard InChI is InChI=1S/C18H14F2N2O2S/c1-2-22-14(11-6-4-3-5-7-11)10-25-18(22)21-13-9-8-12(17(23)24)15(19)16(13)20/h3-10H,2H2,1H3,(H,23,24). The Morgan fingerprint density at radius 2 is 1.88 bits per heavy atom. The molecular formula is C18H14F2N2O2S. The second-order valence-electron chi connectivity index (χ2n) is 5.19. The second-order valence-corrected chi connectivity index (χ2v) is 6.03. The molecule has 0 radical (unpaired) electrons. The number of halogens is 2. The largest absolute Gasteiger partial charge is 0.478 e. The van der Waals surface area contributed by atoms with Crippen molar-refractivity contribution in [1.82, 2.24) is 4.57 Å². The molecule has 0 aliphatic carbocycles. The lowest BCUT2D eigenvalue weighted by Gasteiger charge is -2.06. The fraction of sp³-hybridized carbons (Fsp3) is 0.111. The van der Waals surface area contributed by atoms with Crippen LogP contribution < -0.4 is 4.80 Å². The zero-order chi connectivity index (χ0) is 18.0. The summed E-state index contributed by atoms with van der Waals surface area (Å²) in [7, 11) is 0. The fourth-order valence-electron chi connectivity index (χ4n) is 2.46. The van der Waals surface area contributed by atoms with E-state index in [1.807, 2.05) is 47.2 Å². The number of nitrogens with zero attached hydrogens (tertiary/aromatic N) is 2. The molecule has 0 saturated heterocycles. The van der Waals surface area contributed by atoms with Crippen LogP contribution in [0.25, 0.3) is 11.3 Å². The number of carboxylic acids is 1. The molecule has 0 aliphatic rings. The topological polar surface area (TPSA) is 54.6 Å². The molecule has 0 unspecified atom stereocenters. The van der Waals surface area contributed by atoms with Gasteiger partial charge in [0.05, 0.1) is 11.3 Å². The zero-order valence-electron chi connectivity index (χ0n) is 13.2. The molecular weight excluding hydrogens is 346 g/mol. The lowest BCUT2D eigenvalue weighted by Crippen LogP contribution is -2.14. The van der Waals surface area contributed by atoms with E-state index in [4.69, 9.17) is 5.11 Å². The average molecular weight is 360 g/mol. The van der Waals surface area contributed by atoms with Gasteiger partial charge in [-0.25, -0.2) is 18.6 Å². The maximum atomic E-state index is 14.1. The number of rotatable bonds is 4. The Bertz CT molecular complexity index is 994. The molecule has 0 fully saturated rings. The number of carboxylic acid groups (broad SMARTS) is 1. The first-order valence-electron chi connectivity index (χ1n) is 7.52. The van der Waals surface area contributed by atoms with Crippen molar-refractivity contribution >= 4 is 23.0 Å². The molecule has 0 amide bonds. The lowest BCUT2D eigenvalue weighted by atomic mass is 10.2. The van der Waals surface area contributed by atoms with Crippen LogP contribution in [0.1, 0.15) is 17.3 Å². The van der Waals surface area contributed by atoms with Gasteiger partial charge >= 0.3 is 5.97 Å². The van der Waals surface area contributed by atoms with Gasteiger partial charge in [0.15, 0.2) is 16.4 Å². The molecule has 1 N–H and O–H groups in total. The third-order valence-electron chi connectivity index (χ3n) is 3.69. The summed E-state index contributed by atoms with van der Waals surface area (Å²) in [5.41, 5.74) is 0.979. The van der Waals surface area contributed by atoms with Gasteiger partial charge in [0.25, 0.3) is 0 Å². The van der Waals surface area contributed by atoms with Crippen molar-refractivity contribution in [1.29, 1.82) is 0 Å². The van der Waals surface area contributed by atoms with Crippen LogP contribution in [-0.4, -0.2) is 15.6 Å². The summed E-state index contributed by atoms with van der Waals surface area (Å²) in [6.07, 6.45) is 0. The van der Waals surface area contributed by atoms with Crippen molar-refractivity contribution in [2.75, 3.05) is 0 Å². The molecule has 1 aromatic heterocycles. The van der Waals surface area contributed by atoms with Gasteiger partial charge < -0.3 is 9.67 Å². The van der Waals surface area contributed by atoms with Crippen molar-refractivity contribution in [3.05, 3.63) is 69.8 Å². The molecule has 0 bridgehead atoms. The maximum absolute atomic E-state index is 14.1. The molecule has 25 heavy (non-hydrogen) atoms. The van der Waals surface area contributed by atoms with Crippen LogP contribution in [0.2, 0.25) is 0 Å². The predicted molar refractivity (Wildman–Crippen MR) is 92.0 cm³/mol. The summed E-state index contributed by atoms with van der Waals surface area (Å²) in [5, 5.41) is 10.7. The van der Waals surface area contributed by atoms with Crippen LogP contribution in [0, 0.1) is 11.6 Å². The molecule has 0 spiro atoms. The molecule has 0 atom stereocenters. The van der Waals surface area contributed by atoms with Crippen LogP contribution in [-0.2, 0) is 6.54 Å². The van der Waals surface area contributed by atoms with E-state index in [0.717, 1.165) is 17.3 Å². The Hall–Kier alpha value is -2.80. The minimum Gasteiger partial charge on any atom is -0.478 e. The first-order valence-corrected chi connectivity index (χ1v) is 8.40. The molecule has 3 aromatic rings. The number of aromatic nitrogens is 1. The minimum atomic E-state index is -1.52. The van der Waals surface area contributed by atoms with Crippen LogP contribution >= 0.6 is 11.3 Å². The number of thiazole rings is 1. The summed E-state index contributed by atoms with van der Waals surface area (Å²) in [4.78, 5) is 15.6. The fourth-order valence-corrected chi connectivity index (χ4v) is 3.44. The Labute approximate surface area is 146 Å². The summed E-state index contributed by atoms with van der Waals surface area (Å²) >= 11 is 1.31. The highest BCUT2D eigenvalue weighted by atomic mass is 32.1. The second kappa shape index (κ2) is 6.98. The third-order valence-corrected chi connectivity index (χ3v) is 4.56. The SMILES string of the molecule is CCn1c(-c2ccccc2)csc1=Nc1ccc(C(=O)O)c(F)c1F. The van der Waals surface area contributed by atoms with Gasteiger partial charge in [-0.15, -0.1) is 11.3 Å². The van der Waals surface area contributed by atoms with Crippen LogP contribution in [0.4, 0.5) is 14.5 Å². The van der Waals surface area contributed by atoms with E-state index in [2.05, 4.69) is 4.99 Å². The van der Waals surface area contributed by atoms with Gasteiger partial charge in [0.1, 0.15) is 5.69 Å². The number of hydrogen-bond acceptors (Lipinski definition) is 3. The summed E-state index contributed by atoms with van der Waals surface area (Å²) in [6, 6.07) is 11.9. The van der Waals surface area contributed by atoms with E-state index < -0.39 is 23.2 Å². The molecule has 1 heterocycles. The molecule has 0 saturated carbocycles. The van der Waals surface area contributed by atoms with Crippen molar-refractivity contribution < 1.29 is 18.7 Å². The summed E-state index contributed by atoms with van der Waals surface area (Å²) in [5.74, 6) is -4.19. The van der Waals surface area contributed by atoms with Crippen LogP contribution in [0.15, 0.2) is 52.8 Å². The first kappa shape index (κ1) is 17.0. The number of aromatic carboxylic acids is 1. The predicted octanol–water partition coefficient (Wildman–Crippen LogP) is 4.45. The Balaban J connectivity index is 2.13.